The molecule has 4 rings (SSSR count). The molecular weight excluding hydrogens is 385 g/mol. The van der Waals surface area contributed by atoms with Crippen molar-refractivity contribution in [2.24, 2.45) is 0 Å². The van der Waals surface area contributed by atoms with Gasteiger partial charge >= 0.3 is 0 Å². The largest absolute Gasteiger partial charge is 0.358 e. The zero-order valence-electron chi connectivity index (χ0n) is 11.5. The predicted octanol–water partition coefficient (Wildman–Crippen LogP) is 4.37. The summed E-state index contributed by atoms with van der Waals surface area (Å²) in [6.45, 7) is 0. The number of rotatable bonds is 1. The topological polar surface area (TPSA) is 50.7 Å². The van der Waals surface area contributed by atoms with Crippen LogP contribution in [0.2, 0.25) is 5.02 Å². The van der Waals surface area contributed by atoms with E-state index in [1.807, 2.05) is 0 Å². The van der Waals surface area contributed by atoms with E-state index in [-0.39, 0.29) is 5.56 Å². The van der Waals surface area contributed by atoms with E-state index in [0.29, 0.717) is 37.3 Å². The molecule has 2 heterocycles. The second-order valence-electron chi connectivity index (χ2n) is 5.05. The summed E-state index contributed by atoms with van der Waals surface area (Å²) in [6.07, 6.45) is 1.48. The van der Waals surface area contributed by atoms with E-state index in [2.05, 4.69) is 26.0 Å². The molecule has 0 bridgehead atoms. The fourth-order valence-corrected chi connectivity index (χ4v) is 3.11. The molecule has 114 valence electrons. The lowest BCUT2D eigenvalue weighted by Crippen LogP contribution is -2.14. The van der Waals surface area contributed by atoms with Gasteiger partial charge in [0, 0.05) is 21.1 Å². The van der Waals surface area contributed by atoms with E-state index >= 15 is 0 Å². The van der Waals surface area contributed by atoms with Crippen LogP contribution in [0, 0.1) is 5.82 Å². The molecule has 4 nitrogen and oxygen atoms in total. The van der Waals surface area contributed by atoms with Gasteiger partial charge < -0.3 is 4.98 Å². The SMILES string of the molecule is O=c1c2c[nH]c3c(F)cc(Br)cc3c-2nn1-c1ccc(Cl)cc1. The van der Waals surface area contributed by atoms with Gasteiger partial charge in [-0.2, -0.15) is 9.78 Å². The number of benzene rings is 2. The molecule has 2 aliphatic heterocycles. The smallest absolute Gasteiger partial charge is 0.282 e. The van der Waals surface area contributed by atoms with Gasteiger partial charge in [0.15, 0.2) is 0 Å². The highest BCUT2D eigenvalue weighted by Gasteiger charge is 2.20. The summed E-state index contributed by atoms with van der Waals surface area (Å²) in [4.78, 5) is 15.4. The molecule has 0 unspecified atom stereocenters. The first-order valence-electron chi connectivity index (χ1n) is 6.70. The summed E-state index contributed by atoms with van der Waals surface area (Å²) in [6, 6.07) is 9.87. The van der Waals surface area contributed by atoms with Crippen molar-refractivity contribution in [3.8, 4) is 16.9 Å². The third kappa shape index (κ3) is 2.26. The van der Waals surface area contributed by atoms with Crippen LogP contribution in [0.25, 0.3) is 27.8 Å². The first-order chi connectivity index (χ1) is 11.0. The highest BCUT2D eigenvalue weighted by Crippen LogP contribution is 2.30. The number of nitrogens with one attached hydrogen (secondary N) is 1. The second kappa shape index (κ2) is 5.18. The van der Waals surface area contributed by atoms with Gasteiger partial charge in [0.1, 0.15) is 11.5 Å². The number of H-pyrrole nitrogens is 1. The minimum Gasteiger partial charge on any atom is -0.358 e. The van der Waals surface area contributed by atoms with E-state index in [1.54, 1.807) is 30.3 Å². The maximum Gasteiger partial charge on any atom is 0.282 e. The van der Waals surface area contributed by atoms with Crippen LogP contribution in [-0.2, 0) is 0 Å². The average Bonchev–Trinajstić information content (AvgIpc) is 2.86. The Morgan fingerprint density at radius 3 is 2.70 bits per heavy atom. The van der Waals surface area contributed by atoms with E-state index in [1.165, 1.54) is 16.9 Å². The number of aromatic nitrogens is 3. The van der Waals surface area contributed by atoms with Crippen molar-refractivity contribution < 1.29 is 4.39 Å². The monoisotopic (exact) mass is 391 g/mol. The molecule has 2 aromatic carbocycles. The molecule has 0 aromatic heterocycles. The number of halogens is 3. The van der Waals surface area contributed by atoms with Crippen LogP contribution in [-0.4, -0.2) is 14.8 Å². The van der Waals surface area contributed by atoms with Gasteiger partial charge in [-0.05, 0) is 36.4 Å². The Bertz CT molecular complexity index is 1070. The second-order valence-corrected chi connectivity index (χ2v) is 6.41. The minimum absolute atomic E-state index is 0.277. The summed E-state index contributed by atoms with van der Waals surface area (Å²) in [5, 5.41) is 5.49. The molecule has 0 saturated carbocycles. The zero-order valence-corrected chi connectivity index (χ0v) is 13.8. The summed E-state index contributed by atoms with van der Waals surface area (Å²) >= 11 is 9.14. The Morgan fingerprint density at radius 2 is 1.96 bits per heavy atom. The van der Waals surface area contributed by atoms with Crippen molar-refractivity contribution in [1.82, 2.24) is 14.8 Å². The Kier molecular flexibility index (Phi) is 3.25. The quantitative estimate of drug-likeness (QED) is 0.523. The summed E-state index contributed by atoms with van der Waals surface area (Å²) in [5.74, 6) is -0.412. The Labute approximate surface area is 143 Å². The molecular formula is C16H8BrClFN3O. The number of nitrogens with zero attached hydrogens (tertiary/aromatic N) is 2. The molecule has 1 N–H and O–H groups in total. The summed E-state index contributed by atoms with van der Waals surface area (Å²) < 4.78 is 15.9. The lowest BCUT2D eigenvalue weighted by molar-refractivity contribution is 0.636. The van der Waals surface area contributed by atoms with Crippen LogP contribution in [0.3, 0.4) is 0 Å². The third-order valence-electron chi connectivity index (χ3n) is 3.62. The van der Waals surface area contributed by atoms with E-state index < -0.39 is 5.82 Å². The van der Waals surface area contributed by atoms with Gasteiger partial charge in [-0.1, -0.05) is 27.5 Å². The summed E-state index contributed by atoms with van der Waals surface area (Å²) in [7, 11) is 0. The third-order valence-corrected chi connectivity index (χ3v) is 4.33. The molecule has 0 atom stereocenters. The van der Waals surface area contributed by atoms with Crippen molar-refractivity contribution in [3.63, 3.8) is 0 Å². The fraction of sp³-hybridized carbons (Fsp3) is 0. The lowest BCUT2D eigenvalue weighted by Gasteiger charge is -2.04. The fourth-order valence-electron chi connectivity index (χ4n) is 2.55. The molecule has 23 heavy (non-hydrogen) atoms. The molecule has 2 aromatic rings. The van der Waals surface area contributed by atoms with Crippen molar-refractivity contribution in [2.75, 3.05) is 0 Å². The van der Waals surface area contributed by atoms with E-state index in [0.717, 1.165) is 0 Å². The minimum atomic E-state index is -0.412. The maximum atomic E-state index is 14.1. The maximum absolute atomic E-state index is 14.1. The lowest BCUT2D eigenvalue weighted by atomic mass is 10.1. The Hall–Kier alpha value is -2.18. The van der Waals surface area contributed by atoms with Crippen LogP contribution in [0.15, 0.2) is 51.9 Å². The van der Waals surface area contributed by atoms with Crippen molar-refractivity contribution in [3.05, 3.63) is 68.3 Å². The zero-order chi connectivity index (χ0) is 16.1. The highest BCUT2D eigenvalue weighted by atomic mass is 79.9. The van der Waals surface area contributed by atoms with Crippen molar-refractivity contribution in [2.45, 2.75) is 0 Å². The van der Waals surface area contributed by atoms with Crippen LogP contribution in [0.1, 0.15) is 0 Å². The molecule has 0 saturated heterocycles. The van der Waals surface area contributed by atoms with Gasteiger partial charge in [-0.3, -0.25) is 4.79 Å². The molecule has 0 amide bonds. The molecule has 2 aliphatic rings. The molecule has 0 spiro atoms. The number of hydrogen-bond donors (Lipinski definition) is 1. The molecule has 0 aliphatic carbocycles. The molecule has 0 fully saturated rings. The normalized spacial score (nSPS) is 11.4. The van der Waals surface area contributed by atoms with E-state index in [9.17, 15) is 9.18 Å². The van der Waals surface area contributed by atoms with Gasteiger partial charge in [-0.25, -0.2) is 4.39 Å². The Morgan fingerprint density at radius 1 is 1.22 bits per heavy atom. The van der Waals surface area contributed by atoms with Crippen LogP contribution in [0.5, 0.6) is 0 Å². The number of pyridine rings is 1. The standard InChI is InChI=1S/C16H8BrClFN3O/c17-8-5-11-14-12(7-20-15(11)13(19)6-8)16(23)22(21-14)10-3-1-9(18)2-4-10/h1-7,20H. The Balaban J connectivity index is 2.07. The van der Waals surface area contributed by atoms with E-state index in [4.69, 9.17) is 11.6 Å². The van der Waals surface area contributed by atoms with Crippen molar-refractivity contribution >= 4 is 38.4 Å². The highest BCUT2D eigenvalue weighted by molar-refractivity contribution is 9.10. The number of fused-ring (bicyclic) bond motifs is 3. The predicted molar refractivity (Wildman–Crippen MR) is 91.0 cm³/mol. The number of hydrogen-bond acceptors (Lipinski definition) is 2. The first kappa shape index (κ1) is 14.4. The van der Waals surface area contributed by atoms with Gasteiger partial charge in [0.2, 0.25) is 0 Å². The first-order valence-corrected chi connectivity index (χ1v) is 7.87. The molecule has 0 radical (unpaired) electrons. The van der Waals surface area contributed by atoms with Crippen molar-refractivity contribution in [1.29, 1.82) is 0 Å². The van der Waals surface area contributed by atoms with Gasteiger partial charge in [-0.15, -0.1) is 0 Å². The summed E-state index contributed by atoms with van der Waals surface area (Å²) in [5.41, 5.74) is 1.46. The van der Waals surface area contributed by atoms with Crippen LogP contribution < -0.4 is 5.56 Å². The average molecular weight is 393 g/mol. The van der Waals surface area contributed by atoms with Gasteiger partial charge in [0.25, 0.3) is 5.56 Å². The van der Waals surface area contributed by atoms with Crippen LogP contribution >= 0.6 is 27.5 Å². The molecule has 7 heteroatoms. The van der Waals surface area contributed by atoms with Crippen LogP contribution in [0.4, 0.5) is 4.39 Å². The van der Waals surface area contributed by atoms with Gasteiger partial charge in [0.05, 0.1) is 16.8 Å². The number of aromatic amines is 1.